The van der Waals surface area contributed by atoms with E-state index < -0.39 is 17.6 Å². The molecule has 0 spiro atoms. The molecule has 1 aromatic heterocycles. The Kier molecular flexibility index (Phi) is 3.79. The van der Waals surface area contributed by atoms with Crippen LogP contribution in [-0.4, -0.2) is 13.1 Å². The second kappa shape index (κ2) is 5.51. The molecular formula is C13H11F2NO3. The number of carbonyl (C=O) groups is 1. The lowest BCUT2D eigenvalue weighted by molar-refractivity contribution is 0.0563. The van der Waals surface area contributed by atoms with Crippen molar-refractivity contribution in [2.75, 3.05) is 12.4 Å². The van der Waals surface area contributed by atoms with Gasteiger partial charge in [0.25, 0.3) is 0 Å². The molecule has 2 aromatic rings. The highest BCUT2D eigenvalue weighted by Gasteiger charge is 2.11. The van der Waals surface area contributed by atoms with Crippen molar-refractivity contribution in [3.63, 3.8) is 0 Å². The smallest absolute Gasteiger partial charge is 0.373 e. The standard InChI is InChI=1S/C13H11F2NO3/c1-18-13(17)12-5-3-9(19-12)7-16-8-2-4-10(14)11(15)6-8/h2-6,16H,7H2,1H3. The Hall–Kier alpha value is -2.37. The van der Waals surface area contributed by atoms with E-state index in [1.807, 2.05) is 0 Å². The van der Waals surface area contributed by atoms with Gasteiger partial charge in [-0.2, -0.15) is 0 Å². The summed E-state index contributed by atoms with van der Waals surface area (Å²) in [5.41, 5.74) is 0.412. The molecule has 6 heteroatoms. The lowest BCUT2D eigenvalue weighted by atomic mass is 10.3. The third-order valence-electron chi connectivity index (χ3n) is 2.43. The van der Waals surface area contributed by atoms with Gasteiger partial charge in [0.05, 0.1) is 13.7 Å². The zero-order valence-corrected chi connectivity index (χ0v) is 10.1. The fourth-order valence-corrected chi connectivity index (χ4v) is 1.48. The Morgan fingerprint density at radius 3 is 2.74 bits per heavy atom. The molecule has 1 heterocycles. The van der Waals surface area contributed by atoms with Crippen molar-refractivity contribution in [3.8, 4) is 0 Å². The van der Waals surface area contributed by atoms with Gasteiger partial charge in [0, 0.05) is 11.8 Å². The van der Waals surface area contributed by atoms with Gasteiger partial charge in [-0.3, -0.25) is 0 Å². The summed E-state index contributed by atoms with van der Waals surface area (Å²) in [5, 5.41) is 2.85. The first-order valence-electron chi connectivity index (χ1n) is 5.46. The first kappa shape index (κ1) is 13.1. The largest absolute Gasteiger partial charge is 0.463 e. The molecule has 1 N–H and O–H groups in total. The molecule has 0 saturated heterocycles. The second-order valence-electron chi connectivity index (χ2n) is 3.74. The Morgan fingerprint density at radius 1 is 1.26 bits per heavy atom. The number of ether oxygens (including phenoxy) is 1. The van der Waals surface area contributed by atoms with Gasteiger partial charge in [0.2, 0.25) is 5.76 Å². The highest BCUT2D eigenvalue weighted by Crippen LogP contribution is 2.15. The van der Waals surface area contributed by atoms with E-state index in [9.17, 15) is 13.6 Å². The van der Waals surface area contributed by atoms with E-state index >= 15 is 0 Å². The fraction of sp³-hybridized carbons (Fsp3) is 0.154. The van der Waals surface area contributed by atoms with Gasteiger partial charge in [-0.15, -0.1) is 0 Å². The maximum atomic E-state index is 13.0. The van der Waals surface area contributed by atoms with Crippen LogP contribution in [0.4, 0.5) is 14.5 Å². The molecule has 0 aliphatic rings. The molecule has 0 aliphatic carbocycles. The number of hydrogen-bond acceptors (Lipinski definition) is 4. The van der Waals surface area contributed by atoms with Gasteiger partial charge in [-0.25, -0.2) is 13.6 Å². The number of methoxy groups -OCH3 is 1. The minimum absolute atomic E-state index is 0.0876. The van der Waals surface area contributed by atoms with Crippen molar-refractivity contribution in [2.24, 2.45) is 0 Å². The lowest BCUT2D eigenvalue weighted by Gasteiger charge is -2.04. The summed E-state index contributed by atoms with van der Waals surface area (Å²) >= 11 is 0. The lowest BCUT2D eigenvalue weighted by Crippen LogP contribution is -2.00. The number of furan rings is 1. The number of rotatable bonds is 4. The van der Waals surface area contributed by atoms with Crippen LogP contribution in [0.1, 0.15) is 16.3 Å². The average molecular weight is 267 g/mol. The molecule has 1 aromatic carbocycles. The summed E-state index contributed by atoms with van der Waals surface area (Å²) in [6, 6.07) is 6.55. The summed E-state index contributed by atoms with van der Waals surface area (Å²) in [7, 11) is 1.25. The molecule has 0 bridgehead atoms. The molecule has 4 nitrogen and oxygen atoms in total. The molecule has 2 rings (SSSR count). The molecule has 0 amide bonds. The monoisotopic (exact) mass is 267 g/mol. The first-order chi connectivity index (χ1) is 9.10. The van der Waals surface area contributed by atoms with E-state index in [0.29, 0.717) is 11.4 Å². The number of nitrogens with one attached hydrogen (secondary N) is 1. The summed E-state index contributed by atoms with van der Waals surface area (Å²) in [5.74, 6) is -1.84. The number of benzene rings is 1. The van der Waals surface area contributed by atoms with Gasteiger partial charge in [0.1, 0.15) is 5.76 Å². The number of anilines is 1. The van der Waals surface area contributed by atoms with Crippen LogP contribution in [0, 0.1) is 11.6 Å². The molecule has 0 fully saturated rings. The van der Waals surface area contributed by atoms with Crippen LogP contribution < -0.4 is 5.32 Å². The Bertz CT molecular complexity index is 595. The maximum absolute atomic E-state index is 13.0. The third-order valence-corrected chi connectivity index (χ3v) is 2.43. The van der Waals surface area contributed by atoms with Crippen LogP contribution in [0.5, 0.6) is 0 Å². The van der Waals surface area contributed by atoms with E-state index in [2.05, 4.69) is 10.1 Å². The predicted molar refractivity (Wildman–Crippen MR) is 63.7 cm³/mol. The Morgan fingerprint density at radius 2 is 2.05 bits per heavy atom. The summed E-state index contributed by atoms with van der Waals surface area (Å²) in [4.78, 5) is 11.2. The van der Waals surface area contributed by atoms with Gasteiger partial charge >= 0.3 is 5.97 Å². The summed E-state index contributed by atoms with van der Waals surface area (Å²) in [6.45, 7) is 0.238. The van der Waals surface area contributed by atoms with Gasteiger partial charge in [-0.1, -0.05) is 0 Å². The topological polar surface area (TPSA) is 51.5 Å². The molecule has 19 heavy (non-hydrogen) atoms. The quantitative estimate of drug-likeness (QED) is 0.865. The normalized spacial score (nSPS) is 10.3. The van der Waals surface area contributed by atoms with Crippen molar-refractivity contribution in [1.82, 2.24) is 0 Å². The van der Waals surface area contributed by atoms with Crippen LogP contribution in [0.2, 0.25) is 0 Å². The van der Waals surface area contributed by atoms with Crippen molar-refractivity contribution >= 4 is 11.7 Å². The minimum atomic E-state index is -0.931. The van der Waals surface area contributed by atoms with Crippen LogP contribution >= 0.6 is 0 Å². The number of esters is 1. The molecule has 0 radical (unpaired) electrons. The zero-order valence-electron chi connectivity index (χ0n) is 10.1. The molecular weight excluding hydrogens is 256 g/mol. The van der Waals surface area contributed by atoms with Gasteiger partial charge in [0.15, 0.2) is 11.6 Å². The van der Waals surface area contributed by atoms with E-state index in [1.54, 1.807) is 6.07 Å². The summed E-state index contributed by atoms with van der Waals surface area (Å²) in [6.07, 6.45) is 0. The van der Waals surface area contributed by atoms with Crippen molar-refractivity contribution in [3.05, 3.63) is 53.5 Å². The second-order valence-corrected chi connectivity index (χ2v) is 3.74. The van der Waals surface area contributed by atoms with Crippen molar-refractivity contribution < 1.29 is 22.7 Å². The molecule has 0 saturated carbocycles. The van der Waals surface area contributed by atoms with Crippen LogP contribution in [0.25, 0.3) is 0 Å². The van der Waals surface area contributed by atoms with E-state index in [4.69, 9.17) is 4.42 Å². The highest BCUT2D eigenvalue weighted by molar-refractivity contribution is 5.86. The van der Waals surface area contributed by atoms with E-state index in [1.165, 1.54) is 19.2 Å². The maximum Gasteiger partial charge on any atom is 0.373 e. The number of hydrogen-bond donors (Lipinski definition) is 1. The van der Waals surface area contributed by atoms with Crippen LogP contribution in [0.3, 0.4) is 0 Å². The number of halogens is 2. The van der Waals surface area contributed by atoms with Crippen molar-refractivity contribution in [2.45, 2.75) is 6.54 Å². The van der Waals surface area contributed by atoms with Crippen LogP contribution in [-0.2, 0) is 11.3 Å². The van der Waals surface area contributed by atoms with Crippen LogP contribution in [0.15, 0.2) is 34.7 Å². The first-order valence-corrected chi connectivity index (χ1v) is 5.46. The van der Waals surface area contributed by atoms with Gasteiger partial charge < -0.3 is 14.5 Å². The third kappa shape index (κ3) is 3.09. The van der Waals surface area contributed by atoms with E-state index in [0.717, 1.165) is 12.1 Å². The number of carbonyl (C=O) groups excluding carboxylic acids is 1. The Balaban J connectivity index is 2.00. The Labute approximate surface area is 108 Å². The molecule has 0 unspecified atom stereocenters. The molecule has 0 atom stereocenters. The summed E-state index contributed by atoms with van der Waals surface area (Å²) < 4.78 is 35.4. The highest BCUT2D eigenvalue weighted by atomic mass is 19.2. The zero-order chi connectivity index (χ0) is 13.8. The van der Waals surface area contributed by atoms with E-state index in [-0.39, 0.29) is 12.3 Å². The molecule has 0 aliphatic heterocycles. The SMILES string of the molecule is COC(=O)c1ccc(CNc2ccc(F)c(F)c2)o1. The fourth-order valence-electron chi connectivity index (χ4n) is 1.48. The van der Waals surface area contributed by atoms with Gasteiger partial charge in [-0.05, 0) is 24.3 Å². The van der Waals surface area contributed by atoms with Crippen molar-refractivity contribution in [1.29, 1.82) is 0 Å². The minimum Gasteiger partial charge on any atom is -0.463 e. The average Bonchev–Trinajstić information content (AvgIpc) is 2.88. The molecule has 100 valence electrons. The predicted octanol–water partition coefficient (Wildman–Crippen LogP) is 2.96.